The summed E-state index contributed by atoms with van der Waals surface area (Å²) in [6.45, 7) is 4.98. The van der Waals surface area contributed by atoms with Crippen LogP contribution in [-0.4, -0.2) is 19.1 Å². The van der Waals surface area contributed by atoms with Gasteiger partial charge >= 0.3 is 0 Å². The molecule has 1 aromatic heterocycles. The maximum Gasteiger partial charge on any atom is 0.287 e. The molecule has 152 valence electrons. The molecule has 0 spiro atoms. The second-order valence-electron chi connectivity index (χ2n) is 6.60. The lowest BCUT2D eigenvalue weighted by Gasteiger charge is -2.21. The SMILES string of the molecule is CCOc1ccc(C(CCc2ccccc2)NC(=O)c2ccco2)cc1OCC. The lowest BCUT2D eigenvalue weighted by Crippen LogP contribution is -2.28. The Bertz CT molecular complexity index is 891. The van der Waals surface area contributed by atoms with E-state index in [0.29, 0.717) is 30.5 Å². The first-order chi connectivity index (χ1) is 14.2. The number of nitrogens with one attached hydrogen (secondary N) is 1. The van der Waals surface area contributed by atoms with Crippen molar-refractivity contribution in [3.05, 3.63) is 83.8 Å². The molecule has 3 rings (SSSR count). The fourth-order valence-corrected chi connectivity index (χ4v) is 3.20. The molecule has 29 heavy (non-hydrogen) atoms. The maximum atomic E-state index is 12.6. The van der Waals surface area contributed by atoms with Gasteiger partial charge in [-0.2, -0.15) is 0 Å². The zero-order chi connectivity index (χ0) is 20.5. The summed E-state index contributed by atoms with van der Waals surface area (Å²) in [5.41, 5.74) is 2.19. The van der Waals surface area contributed by atoms with Crippen LogP contribution in [-0.2, 0) is 6.42 Å². The molecule has 0 aliphatic carbocycles. The summed E-state index contributed by atoms with van der Waals surface area (Å²) in [5, 5.41) is 3.10. The lowest BCUT2D eigenvalue weighted by molar-refractivity contribution is 0.0906. The zero-order valence-electron chi connectivity index (χ0n) is 16.9. The van der Waals surface area contributed by atoms with Crippen molar-refractivity contribution in [2.75, 3.05) is 13.2 Å². The molecule has 0 aliphatic heterocycles. The second kappa shape index (κ2) is 10.4. The number of carbonyl (C=O) groups is 1. The van der Waals surface area contributed by atoms with Gasteiger partial charge in [-0.3, -0.25) is 4.79 Å². The average Bonchev–Trinajstić information content (AvgIpc) is 3.28. The zero-order valence-corrected chi connectivity index (χ0v) is 16.9. The van der Waals surface area contributed by atoms with Gasteiger partial charge in [-0.15, -0.1) is 0 Å². The van der Waals surface area contributed by atoms with Crippen LogP contribution in [0.5, 0.6) is 11.5 Å². The predicted molar refractivity (Wildman–Crippen MR) is 112 cm³/mol. The highest BCUT2D eigenvalue weighted by Crippen LogP contribution is 2.32. The normalized spacial score (nSPS) is 11.7. The fourth-order valence-electron chi connectivity index (χ4n) is 3.20. The summed E-state index contributed by atoms with van der Waals surface area (Å²) in [6, 6.07) is 19.2. The average molecular weight is 393 g/mol. The van der Waals surface area contributed by atoms with Gasteiger partial charge in [-0.25, -0.2) is 0 Å². The Kier molecular flexibility index (Phi) is 7.34. The van der Waals surface area contributed by atoms with Crippen LogP contribution < -0.4 is 14.8 Å². The molecule has 5 nitrogen and oxygen atoms in total. The van der Waals surface area contributed by atoms with E-state index in [0.717, 1.165) is 18.4 Å². The topological polar surface area (TPSA) is 60.7 Å². The van der Waals surface area contributed by atoms with Crippen LogP contribution >= 0.6 is 0 Å². The summed E-state index contributed by atoms with van der Waals surface area (Å²) in [7, 11) is 0. The third kappa shape index (κ3) is 5.64. The number of aryl methyl sites for hydroxylation is 1. The molecule has 3 aromatic rings. The van der Waals surface area contributed by atoms with Crippen LogP contribution in [0.3, 0.4) is 0 Å². The van der Waals surface area contributed by atoms with E-state index in [-0.39, 0.29) is 11.9 Å². The van der Waals surface area contributed by atoms with Crippen molar-refractivity contribution in [1.82, 2.24) is 5.32 Å². The van der Waals surface area contributed by atoms with E-state index in [1.807, 2.05) is 50.2 Å². The Morgan fingerprint density at radius 1 is 0.966 bits per heavy atom. The van der Waals surface area contributed by atoms with Gasteiger partial charge in [0, 0.05) is 0 Å². The number of ether oxygens (including phenoxy) is 2. The summed E-state index contributed by atoms with van der Waals surface area (Å²) in [6.07, 6.45) is 3.08. The highest BCUT2D eigenvalue weighted by Gasteiger charge is 2.19. The van der Waals surface area contributed by atoms with Crippen LogP contribution in [0.4, 0.5) is 0 Å². The summed E-state index contributed by atoms with van der Waals surface area (Å²) in [4.78, 5) is 12.6. The van der Waals surface area contributed by atoms with Gasteiger partial charge in [-0.1, -0.05) is 36.4 Å². The molecule has 1 heterocycles. The second-order valence-corrected chi connectivity index (χ2v) is 6.60. The van der Waals surface area contributed by atoms with E-state index in [1.165, 1.54) is 11.8 Å². The highest BCUT2D eigenvalue weighted by molar-refractivity contribution is 5.91. The number of rotatable bonds is 10. The lowest BCUT2D eigenvalue weighted by atomic mass is 9.98. The molecular weight excluding hydrogens is 366 g/mol. The smallest absolute Gasteiger partial charge is 0.287 e. The molecule has 0 fully saturated rings. The molecule has 0 aliphatic rings. The van der Waals surface area contributed by atoms with Crippen LogP contribution in [0.15, 0.2) is 71.3 Å². The van der Waals surface area contributed by atoms with Crippen LogP contribution in [0.1, 0.15) is 48.0 Å². The van der Waals surface area contributed by atoms with Crippen molar-refractivity contribution in [2.45, 2.75) is 32.7 Å². The summed E-state index contributed by atoms with van der Waals surface area (Å²) >= 11 is 0. The molecular formula is C24H27NO4. The number of hydrogen-bond acceptors (Lipinski definition) is 4. The standard InChI is InChI=1S/C24H27NO4/c1-3-27-21-15-13-19(17-23(21)28-4-2)20(14-12-18-9-6-5-7-10-18)25-24(26)22-11-8-16-29-22/h5-11,13,15-17,20H,3-4,12,14H2,1-2H3,(H,25,26). The molecule has 5 heteroatoms. The van der Waals surface area contributed by atoms with Gasteiger partial charge in [0.05, 0.1) is 25.5 Å². The Morgan fingerprint density at radius 2 is 1.72 bits per heavy atom. The Labute approximate surface area is 171 Å². The number of hydrogen-bond donors (Lipinski definition) is 1. The number of carbonyl (C=O) groups excluding carboxylic acids is 1. The van der Waals surface area contributed by atoms with E-state index in [4.69, 9.17) is 13.9 Å². The third-order valence-electron chi connectivity index (χ3n) is 4.58. The van der Waals surface area contributed by atoms with E-state index >= 15 is 0 Å². The van der Waals surface area contributed by atoms with Gasteiger partial charge in [-0.05, 0) is 62.1 Å². The summed E-state index contributed by atoms with van der Waals surface area (Å²) < 4.78 is 16.7. The van der Waals surface area contributed by atoms with Gasteiger partial charge in [0.15, 0.2) is 17.3 Å². The molecule has 0 bridgehead atoms. The molecule has 1 amide bonds. The quantitative estimate of drug-likeness (QED) is 0.515. The first-order valence-electron chi connectivity index (χ1n) is 9.99. The molecule has 0 saturated carbocycles. The number of furan rings is 1. The van der Waals surface area contributed by atoms with Gasteiger partial charge < -0.3 is 19.2 Å². The minimum Gasteiger partial charge on any atom is -0.490 e. The molecule has 1 atom stereocenters. The predicted octanol–water partition coefficient (Wildman–Crippen LogP) is 5.18. The molecule has 2 aromatic carbocycles. The monoisotopic (exact) mass is 393 g/mol. The van der Waals surface area contributed by atoms with Crippen molar-refractivity contribution in [2.24, 2.45) is 0 Å². The van der Waals surface area contributed by atoms with E-state index < -0.39 is 0 Å². The molecule has 0 saturated heterocycles. The van der Waals surface area contributed by atoms with Gasteiger partial charge in [0.1, 0.15) is 0 Å². The van der Waals surface area contributed by atoms with Gasteiger partial charge in [0.25, 0.3) is 5.91 Å². The van der Waals surface area contributed by atoms with Crippen LogP contribution in [0, 0.1) is 0 Å². The van der Waals surface area contributed by atoms with Crippen molar-refractivity contribution in [3.8, 4) is 11.5 Å². The van der Waals surface area contributed by atoms with Crippen LogP contribution in [0.25, 0.3) is 0 Å². The van der Waals surface area contributed by atoms with Crippen molar-refractivity contribution < 1.29 is 18.7 Å². The maximum absolute atomic E-state index is 12.6. The first-order valence-corrected chi connectivity index (χ1v) is 9.99. The Morgan fingerprint density at radius 3 is 2.41 bits per heavy atom. The number of amides is 1. The van der Waals surface area contributed by atoms with Crippen molar-refractivity contribution in [3.63, 3.8) is 0 Å². The minimum absolute atomic E-state index is 0.192. The largest absolute Gasteiger partial charge is 0.490 e. The van der Waals surface area contributed by atoms with E-state index in [9.17, 15) is 4.79 Å². The molecule has 1 unspecified atom stereocenters. The fraction of sp³-hybridized carbons (Fsp3) is 0.292. The minimum atomic E-state index is -0.236. The van der Waals surface area contributed by atoms with Gasteiger partial charge in [0.2, 0.25) is 0 Å². The Hall–Kier alpha value is -3.21. The molecule has 0 radical (unpaired) electrons. The van der Waals surface area contributed by atoms with Crippen LogP contribution in [0.2, 0.25) is 0 Å². The Balaban J connectivity index is 1.84. The first kappa shape index (κ1) is 20.5. The third-order valence-corrected chi connectivity index (χ3v) is 4.58. The van der Waals surface area contributed by atoms with E-state index in [2.05, 4.69) is 17.4 Å². The van der Waals surface area contributed by atoms with Crippen molar-refractivity contribution >= 4 is 5.91 Å². The summed E-state index contributed by atoms with van der Waals surface area (Å²) in [5.74, 6) is 1.45. The highest BCUT2D eigenvalue weighted by atomic mass is 16.5. The van der Waals surface area contributed by atoms with E-state index in [1.54, 1.807) is 12.1 Å². The molecule has 1 N–H and O–H groups in total. The van der Waals surface area contributed by atoms with Crippen molar-refractivity contribution in [1.29, 1.82) is 0 Å². The number of benzene rings is 2.